The molecule has 2 aromatic carbocycles. The van der Waals surface area contributed by atoms with Crippen molar-refractivity contribution in [3.05, 3.63) is 47.5 Å². The van der Waals surface area contributed by atoms with Crippen LogP contribution in [0.3, 0.4) is 0 Å². The topological polar surface area (TPSA) is 36.9 Å². The highest BCUT2D eigenvalue weighted by atomic mass is 16.5. The molecule has 0 N–H and O–H groups in total. The van der Waals surface area contributed by atoms with Gasteiger partial charge in [-0.15, -0.1) is 0 Å². The van der Waals surface area contributed by atoms with Crippen molar-refractivity contribution >= 4 is 0 Å². The molecule has 0 amide bonds. The van der Waals surface area contributed by atoms with Gasteiger partial charge in [0, 0.05) is 12.1 Å². The van der Waals surface area contributed by atoms with Gasteiger partial charge in [-0.25, -0.2) is 0 Å². The van der Waals surface area contributed by atoms with Gasteiger partial charge >= 0.3 is 0 Å². The van der Waals surface area contributed by atoms with Crippen LogP contribution in [0.1, 0.15) is 24.5 Å². The molecule has 0 aromatic heterocycles. The normalized spacial score (nSPS) is 10.3. The van der Waals surface area contributed by atoms with Gasteiger partial charge in [0.1, 0.15) is 23.0 Å². The second-order valence-corrected chi connectivity index (χ2v) is 5.44. The predicted molar refractivity (Wildman–Crippen MR) is 95.7 cm³/mol. The maximum absolute atomic E-state index is 5.52. The van der Waals surface area contributed by atoms with Crippen LogP contribution in [0, 0.1) is 0 Å². The summed E-state index contributed by atoms with van der Waals surface area (Å²) in [5.41, 5.74) is 2.37. The molecular formula is C20H26O4. The van der Waals surface area contributed by atoms with Gasteiger partial charge < -0.3 is 18.9 Å². The first-order valence-corrected chi connectivity index (χ1v) is 8.22. The zero-order chi connectivity index (χ0) is 17.4. The van der Waals surface area contributed by atoms with Crippen LogP contribution in [0.2, 0.25) is 0 Å². The molecule has 0 unspecified atom stereocenters. The van der Waals surface area contributed by atoms with Crippen molar-refractivity contribution in [2.24, 2.45) is 0 Å². The van der Waals surface area contributed by atoms with Gasteiger partial charge in [-0.1, -0.05) is 12.1 Å². The first-order valence-electron chi connectivity index (χ1n) is 8.22. The zero-order valence-electron chi connectivity index (χ0n) is 14.9. The molecule has 0 atom stereocenters. The Kier molecular flexibility index (Phi) is 6.79. The molecule has 2 aromatic rings. The number of benzene rings is 2. The molecule has 4 heteroatoms. The maximum Gasteiger partial charge on any atom is 0.125 e. The monoisotopic (exact) mass is 330 g/mol. The fourth-order valence-electron chi connectivity index (χ4n) is 2.72. The summed E-state index contributed by atoms with van der Waals surface area (Å²) in [7, 11) is 5.04. The van der Waals surface area contributed by atoms with Crippen LogP contribution in [-0.2, 0) is 12.8 Å². The van der Waals surface area contributed by atoms with Crippen LogP contribution in [0.25, 0.3) is 0 Å². The smallest absolute Gasteiger partial charge is 0.125 e. The Balaban J connectivity index is 2.01. The summed E-state index contributed by atoms with van der Waals surface area (Å²) in [5.74, 6) is 3.40. The minimum Gasteiger partial charge on any atom is -0.497 e. The molecule has 0 saturated carbocycles. The lowest BCUT2D eigenvalue weighted by Crippen LogP contribution is -1.98. The van der Waals surface area contributed by atoms with Gasteiger partial charge in [-0.2, -0.15) is 0 Å². The summed E-state index contributed by atoms with van der Waals surface area (Å²) in [6.45, 7) is 2.63. The van der Waals surface area contributed by atoms with Gasteiger partial charge in [0.15, 0.2) is 0 Å². The predicted octanol–water partition coefficient (Wildman–Crippen LogP) is 4.29. The second kappa shape index (κ2) is 9.06. The van der Waals surface area contributed by atoms with Crippen LogP contribution in [0.5, 0.6) is 23.0 Å². The molecule has 0 aliphatic rings. The van der Waals surface area contributed by atoms with Crippen LogP contribution >= 0.6 is 0 Å². The van der Waals surface area contributed by atoms with Crippen molar-refractivity contribution in [1.29, 1.82) is 0 Å². The largest absolute Gasteiger partial charge is 0.497 e. The minimum atomic E-state index is 0.653. The summed E-state index contributed by atoms with van der Waals surface area (Å²) in [6.07, 6.45) is 2.88. The highest BCUT2D eigenvalue weighted by molar-refractivity contribution is 5.42. The Hall–Kier alpha value is -2.36. The molecule has 0 aliphatic carbocycles. The fourth-order valence-corrected chi connectivity index (χ4v) is 2.72. The molecule has 2 rings (SSSR count). The third-order valence-electron chi connectivity index (χ3n) is 3.96. The van der Waals surface area contributed by atoms with Crippen LogP contribution in [-0.4, -0.2) is 27.9 Å². The Labute approximate surface area is 144 Å². The molecule has 0 aliphatic heterocycles. The molecule has 0 spiro atoms. The minimum absolute atomic E-state index is 0.653. The van der Waals surface area contributed by atoms with E-state index in [2.05, 4.69) is 12.1 Å². The van der Waals surface area contributed by atoms with E-state index in [1.165, 1.54) is 11.1 Å². The average Bonchev–Trinajstić information content (AvgIpc) is 2.63. The number of hydrogen-bond acceptors (Lipinski definition) is 4. The van der Waals surface area contributed by atoms with E-state index in [1.54, 1.807) is 21.3 Å². The Morgan fingerprint density at radius 1 is 0.708 bits per heavy atom. The highest BCUT2D eigenvalue weighted by Gasteiger charge is 2.08. The molecule has 0 bridgehead atoms. The van der Waals surface area contributed by atoms with Crippen LogP contribution in [0.4, 0.5) is 0 Å². The number of methoxy groups -OCH3 is 3. The molecular weight excluding hydrogens is 304 g/mol. The molecule has 0 heterocycles. The van der Waals surface area contributed by atoms with Crippen LogP contribution < -0.4 is 18.9 Å². The van der Waals surface area contributed by atoms with E-state index in [1.807, 2.05) is 31.2 Å². The van der Waals surface area contributed by atoms with Gasteiger partial charge in [0.25, 0.3) is 0 Å². The first kappa shape index (κ1) is 18.0. The van der Waals surface area contributed by atoms with Gasteiger partial charge in [-0.05, 0) is 49.4 Å². The summed E-state index contributed by atoms with van der Waals surface area (Å²) in [6, 6.07) is 12.0. The first-order chi connectivity index (χ1) is 11.7. The second-order valence-electron chi connectivity index (χ2n) is 5.44. The lowest BCUT2D eigenvalue weighted by molar-refractivity contribution is 0.335. The number of aryl methyl sites for hydroxylation is 2. The molecule has 130 valence electrons. The number of hydrogen-bond donors (Lipinski definition) is 0. The molecule has 0 radical (unpaired) electrons. The van der Waals surface area contributed by atoms with E-state index in [-0.39, 0.29) is 0 Å². The third kappa shape index (κ3) is 4.57. The fraction of sp³-hybridized carbons (Fsp3) is 0.400. The quantitative estimate of drug-likeness (QED) is 0.687. The summed E-state index contributed by atoms with van der Waals surface area (Å²) in [5, 5.41) is 0. The lowest BCUT2D eigenvalue weighted by Gasteiger charge is -2.12. The van der Waals surface area contributed by atoms with Crippen molar-refractivity contribution < 1.29 is 18.9 Å². The molecule has 24 heavy (non-hydrogen) atoms. The molecule has 0 saturated heterocycles. The average molecular weight is 330 g/mol. The zero-order valence-corrected chi connectivity index (χ0v) is 14.9. The molecule has 0 fully saturated rings. The summed E-state index contributed by atoms with van der Waals surface area (Å²) in [4.78, 5) is 0. The summed E-state index contributed by atoms with van der Waals surface area (Å²) >= 11 is 0. The Morgan fingerprint density at radius 2 is 1.25 bits per heavy atom. The van der Waals surface area contributed by atoms with Crippen molar-refractivity contribution in [1.82, 2.24) is 0 Å². The molecule has 4 nitrogen and oxygen atoms in total. The van der Waals surface area contributed by atoms with Gasteiger partial charge in [0.2, 0.25) is 0 Å². The van der Waals surface area contributed by atoms with Crippen molar-refractivity contribution in [2.75, 3.05) is 27.9 Å². The van der Waals surface area contributed by atoms with Crippen molar-refractivity contribution in [2.45, 2.75) is 26.2 Å². The standard InChI is InChI=1S/C20H26O4/c1-5-24-18-12-10-16(20(14-18)23-4)8-6-7-15-9-11-17(21-2)13-19(15)22-3/h9-14H,5-8H2,1-4H3. The van der Waals surface area contributed by atoms with Crippen molar-refractivity contribution in [3.8, 4) is 23.0 Å². The lowest BCUT2D eigenvalue weighted by atomic mass is 10.0. The Bertz CT molecular complexity index is 652. The highest BCUT2D eigenvalue weighted by Crippen LogP contribution is 2.28. The van der Waals surface area contributed by atoms with E-state index in [0.29, 0.717) is 6.61 Å². The van der Waals surface area contributed by atoms with Crippen molar-refractivity contribution in [3.63, 3.8) is 0 Å². The van der Waals surface area contributed by atoms with Crippen LogP contribution in [0.15, 0.2) is 36.4 Å². The maximum atomic E-state index is 5.52. The third-order valence-corrected chi connectivity index (χ3v) is 3.96. The number of ether oxygens (including phenoxy) is 4. The van der Waals surface area contributed by atoms with E-state index in [9.17, 15) is 0 Å². The SMILES string of the molecule is CCOc1ccc(CCCc2ccc(OC)cc2OC)c(OC)c1. The Morgan fingerprint density at radius 3 is 1.75 bits per heavy atom. The summed E-state index contributed by atoms with van der Waals surface area (Å²) < 4.78 is 21.7. The van der Waals surface area contributed by atoms with Gasteiger partial charge in [0.05, 0.1) is 27.9 Å². The number of rotatable bonds is 9. The van der Waals surface area contributed by atoms with E-state index >= 15 is 0 Å². The van der Waals surface area contributed by atoms with E-state index < -0.39 is 0 Å². The van der Waals surface area contributed by atoms with E-state index in [4.69, 9.17) is 18.9 Å². The van der Waals surface area contributed by atoms with Gasteiger partial charge in [-0.3, -0.25) is 0 Å². The van der Waals surface area contributed by atoms with E-state index in [0.717, 1.165) is 42.3 Å².